The summed E-state index contributed by atoms with van der Waals surface area (Å²) in [4.78, 5) is 25.5. The normalized spacial score (nSPS) is 11.1. The molecule has 0 aromatic heterocycles. The van der Waals surface area contributed by atoms with Gasteiger partial charge >= 0.3 is 12.0 Å². The van der Waals surface area contributed by atoms with E-state index in [9.17, 15) is 14.7 Å². The van der Waals surface area contributed by atoms with Crippen LogP contribution >= 0.6 is 0 Å². The smallest absolute Gasteiger partial charge is 0.351 e. The largest absolute Gasteiger partial charge is 0.477 e. The first-order chi connectivity index (χ1) is 16.5. The highest BCUT2D eigenvalue weighted by Gasteiger charge is 2.11. The van der Waals surface area contributed by atoms with Crippen LogP contribution in [-0.2, 0) is 11.2 Å². The molecular formula is C28H31N3O3. The third kappa shape index (κ3) is 6.97. The van der Waals surface area contributed by atoms with E-state index in [0.29, 0.717) is 13.1 Å². The van der Waals surface area contributed by atoms with Crippen molar-refractivity contribution in [1.29, 1.82) is 0 Å². The molecule has 6 heteroatoms. The Balaban J connectivity index is 1.61. The van der Waals surface area contributed by atoms with Crippen molar-refractivity contribution in [1.82, 2.24) is 10.6 Å². The van der Waals surface area contributed by atoms with E-state index in [2.05, 4.69) is 22.8 Å². The summed E-state index contributed by atoms with van der Waals surface area (Å²) >= 11 is 0. The maximum Gasteiger partial charge on any atom is 0.351 e. The lowest BCUT2D eigenvalue weighted by atomic mass is 10.0. The van der Waals surface area contributed by atoms with Crippen molar-refractivity contribution in [2.45, 2.75) is 19.8 Å². The fourth-order valence-corrected chi connectivity index (χ4v) is 3.58. The molecule has 0 saturated heterocycles. The van der Waals surface area contributed by atoms with E-state index < -0.39 is 5.97 Å². The molecule has 0 heterocycles. The Labute approximate surface area is 200 Å². The molecule has 0 aliphatic rings. The number of hydrogen-bond acceptors (Lipinski definition) is 3. The first-order valence-electron chi connectivity index (χ1n) is 11.4. The van der Waals surface area contributed by atoms with E-state index in [1.165, 1.54) is 5.56 Å². The summed E-state index contributed by atoms with van der Waals surface area (Å²) in [7, 11) is 1.76. The van der Waals surface area contributed by atoms with Crippen LogP contribution in [0.1, 0.15) is 24.5 Å². The molecule has 0 unspecified atom stereocenters. The zero-order valence-corrected chi connectivity index (χ0v) is 19.6. The lowest BCUT2D eigenvalue weighted by Crippen LogP contribution is -2.37. The second kappa shape index (κ2) is 12.3. The predicted molar refractivity (Wildman–Crippen MR) is 138 cm³/mol. The van der Waals surface area contributed by atoms with Crippen LogP contribution in [0.15, 0.2) is 84.6 Å². The summed E-state index contributed by atoms with van der Waals surface area (Å²) < 4.78 is 0. The number of carbonyl (C=O) groups is 2. The van der Waals surface area contributed by atoms with Gasteiger partial charge in [-0.2, -0.15) is 0 Å². The quantitative estimate of drug-likeness (QED) is 0.290. The van der Waals surface area contributed by atoms with Crippen molar-refractivity contribution in [3.63, 3.8) is 0 Å². The lowest BCUT2D eigenvalue weighted by Gasteiger charge is -2.19. The first kappa shape index (κ1) is 24.6. The Morgan fingerprint density at radius 2 is 1.65 bits per heavy atom. The van der Waals surface area contributed by atoms with Gasteiger partial charge in [-0.3, -0.25) is 4.90 Å². The van der Waals surface area contributed by atoms with Crippen molar-refractivity contribution in [3.8, 4) is 11.1 Å². The summed E-state index contributed by atoms with van der Waals surface area (Å²) in [6.07, 6.45) is 3.41. The highest BCUT2D eigenvalue weighted by atomic mass is 16.4. The minimum absolute atomic E-state index is 0.143. The number of carbonyl (C=O) groups excluding carboxylic acids is 1. The lowest BCUT2D eigenvalue weighted by molar-refractivity contribution is -0.132. The van der Waals surface area contributed by atoms with E-state index in [4.69, 9.17) is 0 Å². The standard InChI is InChI=1S/C28H31N3O3/c1-3-29-26(27(32)33)19-22-14-16-23(17-15-22)24-12-7-13-25(20-24)31(2)28(34)30-18-8-11-21-9-5-4-6-10-21/h4-7,9-10,12-17,19-20,29H,3,8,11,18H2,1-2H3,(H,30,34)(H,32,33). The Morgan fingerprint density at radius 3 is 2.32 bits per heavy atom. The average molecular weight is 458 g/mol. The molecule has 0 aliphatic heterocycles. The van der Waals surface area contributed by atoms with Crippen LogP contribution in [0.2, 0.25) is 0 Å². The molecule has 6 nitrogen and oxygen atoms in total. The van der Waals surface area contributed by atoms with Gasteiger partial charge in [-0.05, 0) is 60.2 Å². The van der Waals surface area contributed by atoms with Gasteiger partial charge in [0.05, 0.1) is 0 Å². The Bertz CT molecular complexity index is 1130. The van der Waals surface area contributed by atoms with Gasteiger partial charge in [0.25, 0.3) is 0 Å². The minimum Gasteiger partial charge on any atom is -0.477 e. The SMILES string of the molecule is CCNC(=Cc1ccc(-c2cccc(N(C)C(=O)NCCCc3ccccc3)c2)cc1)C(=O)O. The van der Waals surface area contributed by atoms with E-state index >= 15 is 0 Å². The number of amides is 2. The van der Waals surface area contributed by atoms with Gasteiger partial charge in [-0.1, -0.05) is 66.7 Å². The second-order valence-electron chi connectivity index (χ2n) is 7.95. The van der Waals surface area contributed by atoms with Crippen LogP contribution in [0.4, 0.5) is 10.5 Å². The molecule has 3 N–H and O–H groups in total. The third-order valence-electron chi connectivity index (χ3n) is 5.45. The van der Waals surface area contributed by atoms with E-state index in [1.54, 1.807) is 18.0 Å². The van der Waals surface area contributed by atoms with Gasteiger partial charge in [0, 0.05) is 25.8 Å². The number of aryl methyl sites for hydroxylation is 1. The molecule has 0 spiro atoms. The zero-order chi connectivity index (χ0) is 24.3. The highest BCUT2D eigenvalue weighted by Crippen LogP contribution is 2.25. The van der Waals surface area contributed by atoms with Crippen LogP contribution in [0, 0.1) is 0 Å². The fraction of sp³-hybridized carbons (Fsp3) is 0.214. The van der Waals surface area contributed by atoms with Crippen molar-refractivity contribution in [2.75, 3.05) is 25.0 Å². The molecule has 176 valence electrons. The van der Waals surface area contributed by atoms with Gasteiger partial charge in [-0.25, -0.2) is 9.59 Å². The number of likely N-dealkylation sites (N-methyl/N-ethyl adjacent to an activating group) is 1. The van der Waals surface area contributed by atoms with Gasteiger partial charge in [0.15, 0.2) is 0 Å². The number of rotatable bonds is 10. The third-order valence-corrected chi connectivity index (χ3v) is 5.45. The van der Waals surface area contributed by atoms with Crippen LogP contribution in [0.25, 0.3) is 17.2 Å². The second-order valence-corrected chi connectivity index (χ2v) is 7.95. The van der Waals surface area contributed by atoms with Crippen molar-refractivity contribution < 1.29 is 14.7 Å². The molecule has 0 atom stereocenters. The van der Waals surface area contributed by atoms with Crippen LogP contribution in [0.5, 0.6) is 0 Å². The van der Waals surface area contributed by atoms with Crippen molar-refractivity contribution in [3.05, 3.63) is 95.7 Å². The number of carboxylic acid groups (broad SMARTS) is 1. The van der Waals surface area contributed by atoms with Gasteiger partial charge < -0.3 is 15.7 Å². The maximum atomic E-state index is 12.6. The molecule has 0 fully saturated rings. The topological polar surface area (TPSA) is 81.7 Å². The predicted octanol–water partition coefficient (Wildman–Crippen LogP) is 5.17. The zero-order valence-electron chi connectivity index (χ0n) is 19.6. The molecule has 3 aromatic rings. The van der Waals surface area contributed by atoms with Crippen LogP contribution < -0.4 is 15.5 Å². The summed E-state index contributed by atoms with van der Waals surface area (Å²) in [5, 5.41) is 15.1. The summed E-state index contributed by atoms with van der Waals surface area (Å²) in [6, 6.07) is 25.5. The van der Waals surface area contributed by atoms with Crippen LogP contribution in [0.3, 0.4) is 0 Å². The van der Waals surface area contributed by atoms with E-state index in [-0.39, 0.29) is 11.7 Å². The van der Waals surface area contributed by atoms with Gasteiger partial charge in [0.1, 0.15) is 5.70 Å². The Hall–Kier alpha value is -4.06. The number of urea groups is 1. The summed E-state index contributed by atoms with van der Waals surface area (Å²) in [6.45, 7) is 3.00. The number of nitrogens with zero attached hydrogens (tertiary/aromatic N) is 1. The molecule has 0 bridgehead atoms. The average Bonchev–Trinajstić information content (AvgIpc) is 2.87. The monoisotopic (exact) mass is 457 g/mol. The van der Waals surface area contributed by atoms with Crippen molar-refractivity contribution >= 4 is 23.8 Å². The molecular weight excluding hydrogens is 426 g/mol. The van der Waals surface area contributed by atoms with Gasteiger partial charge in [0.2, 0.25) is 0 Å². The number of benzene rings is 3. The Morgan fingerprint density at radius 1 is 0.912 bits per heavy atom. The number of aliphatic carboxylic acids is 1. The molecule has 2 amide bonds. The summed E-state index contributed by atoms with van der Waals surface area (Å²) in [5.41, 5.74) is 4.97. The van der Waals surface area contributed by atoms with E-state index in [1.807, 2.05) is 73.7 Å². The van der Waals surface area contributed by atoms with Gasteiger partial charge in [-0.15, -0.1) is 0 Å². The van der Waals surface area contributed by atoms with Crippen LogP contribution in [-0.4, -0.2) is 37.2 Å². The number of hydrogen-bond donors (Lipinski definition) is 3. The molecule has 3 rings (SSSR count). The molecule has 0 radical (unpaired) electrons. The molecule has 3 aromatic carbocycles. The molecule has 0 aliphatic carbocycles. The number of carboxylic acids is 1. The maximum absolute atomic E-state index is 12.6. The fourth-order valence-electron chi connectivity index (χ4n) is 3.58. The van der Waals surface area contributed by atoms with Crippen molar-refractivity contribution in [2.24, 2.45) is 0 Å². The number of nitrogens with one attached hydrogen (secondary N) is 2. The molecule has 34 heavy (non-hydrogen) atoms. The minimum atomic E-state index is -0.986. The Kier molecular flexibility index (Phi) is 8.86. The molecule has 0 saturated carbocycles. The summed E-state index contributed by atoms with van der Waals surface area (Å²) in [5.74, 6) is -0.986. The first-order valence-corrected chi connectivity index (χ1v) is 11.4. The highest BCUT2D eigenvalue weighted by molar-refractivity contribution is 5.92. The number of anilines is 1. The van der Waals surface area contributed by atoms with E-state index in [0.717, 1.165) is 35.2 Å².